The van der Waals surface area contributed by atoms with Crippen molar-refractivity contribution in [1.82, 2.24) is 19.5 Å². The molecule has 1 aromatic carbocycles. The number of carbonyl (C=O) groups is 3. The van der Waals surface area contributed by atoms with E-state index in [0.29, 0.717) is 34.6 Å². The van der Waals surface area contributed by atoms with Crippen molar-refractivity contribution >= 4 is 23.4 Å². The van der Waals surface area contributed by atoms with Crippen LogP contribution in [0, 0.1) is 6.92 Å². The molecule has 2 amide bonds. The van der Waals surface area contributed by atoms with Gasteiger partial charge in [0, 0.05) is 12.7 Å². The standard InChI is InChI=1S/C19H16N4O4/c1-12-20-21-16-8-7-13(11-23(12)16)19(26)27-10-4-9-22-17(24)14-5-2-3-6-15(14)18(22)25/h2-3,5-8,11H,4,9-10H2,1H3. The van der Waals surface area contributed by atoms with Crippen molar-refractivity contribution in [3.8, 4) is 0 Å². The molecule has 0 aliphatic carbocycles. The van der Waals surface area contributed by atoms with Crippen LogP contribution >= 0.6 is 0 Å². The third-order valence-corrected chi connectivity index (χ3v) is 4.45. The highest BCUT2D eigenvalue weighted by molar-refractivity contribution is 6.21. The predicted molar refractivity (Wildman–Crippen MR) is 94.4 cm³/mol. The van der Waals surface area contributed by atoms with Gasteiger partial charge in [-0.1, -0.05) is 12.1 Å². The molecular weight excluding hydrogens is 348 g/mol. The van der Waals surface area contributed by atoms with Gasteiger partial charge in [-0.3, -0.25) is 18.9 Å². The molecule has 4 rings (SSSR count). The quantitative estimate of drug-likeness (QED) is 0.390. The van der Waals surface area contributed by atoms with E-state index in [1.54, 1.807) is 53.9 Å². The van der Waals surface area contributed by atoms with Gasteiger partial charge in [-0.25, -0.2) is 4.79 Å². The van der Waals surface area contributed by atoms with Crippen LogP contribution in [0.15, 0.2) is 42.6 Å². The number of pyridine rings is 1. The minimum atomic E-state index is -0.479. The molecule has 0 atom stereocenters. The predicted octanol–water partition coefficient (Wildman–Crippen LogP) is 1.88. The summed E-state index contributed by atoms with van der Waals surface area (Å²) in [6.07, 6.45) is 1.99. The Hall–Kier alpha value is -3.55. The number of aryl methyl sites for hydroxylation is 1. The summed E-state index contributed by atoms with van der Waals surface area (Å²) >= 11 is 0. The molecule has 8 heteroatoms. The number of aromatic nitrogens is 3. The van der Waals surface area contributed by atoms with Crippen LogP contribution in [0.1, 0.15) is 43.3 Å². The molecular formula is C19H16N4O4. The summed E-state index contributed by atoms with van der Waals surface area (Å²) in [6, 6.07) is 10.0. The largest absolute Gasteiger partial charge is 0.462 e. The van der Waals surface area contributed by atoms with Crippen molar-refractivity contribution in [2.24, 2.45) is 0 Å². The molecule has 0 saturated heterocycles. The van der Waals surface area contributed by atoms with Gasteiger partial charge in [0.25, 0.3) is 11.8 Å². The molecule has 0 saturated carbocycles. The van der Waals surface area contributed by atoms with Gasteiger partial charge in [-0.05, 0) is 37.6 Å². The van der Waals surface area contributed by atoms with Crippen molar-refractivity contribution in [2.75, 3.05) is 13.2 Å². The van der Waals surface area contributed by atoms with Crippen LogP contribution < -0.4 is 0 Å². The van der Waals surface area contributed by atoms with Crippen molar-refractivity contribution in [2.45, 2.75) is 13.3 Å². The monoisotopic (exact) mass is 364 g/mol. The van der Waals surface area contributed by atoms with E-state index < -0.39 is 5.97 Å². The van der Waals surface area contributed by atoms with Crippen LogP contribution in [-0.4, -0.2) is 50.4 Å². The van der Waals surface area contributed by atoms with E-state index in [-0.39, 0.29) is 25.0 Å². The Morgan fingerprint density at radius 2 is 1.74 bits per heavy atom. The number of nitrogens with zero attached hydrogens (tertiary/aromatic N) is 4. The second-order valence-corrected chi connectivity index (χ2v) is 6.19. The minimum Gasteiger partial charge on any atom is -0.462 e. The number of esters is 1. The van der Waals surface area contributed by atoms with Crippen LogP contribution in [0.4, 0.5) is 0 Å². The summed E-state index contributed by atoms with van der Waals surface area (Å²) in [5, 5.41) is 7.90. The zero-order chi connectivity index (χ0) is 19.0. The fraction of sp³-hybridized carbons (Fsp3) is 0.211. The maximum atomic E-state index is 12.3. The molecule has 1 aliphatic heterocycles. The number of hydrogen-bond acceptors (Lipinski definition) is 6. The summed E-state index contributed by atoms with van der Waals surface area (Å²) in [4.78, 5) is 37.9. The Morgan fingerprint density at radius 3 is 2.44 bits per heavy atom. The summed E-state index contributed by atoms with van der Waals surface area (Å²) < 4.78 is 6.96. The second kappa shape index (κ2) is 6.64. The number of benzene rings is 1. The number of fused-ring (bicyclic) bond motifs is 2. The molecule has 3 aromatic rings. The van der Waals surface area contributed by atoms with E-state index in [1.165, 1.54) is 4.90 Å². The van der Waals surface area contributed by atoms with Gasteiger partial charge < -0.3 is 4.74 Å². The van der Waals surface area contributed by atoms with Crippen LogP contribution in [0.3, 0.4) is 0 Å². The Balaban J connectivity index is 1.33. The molecule has 0 spiro atoms. The molecule has 0 N–H and O–H groups in total. The fourth-order valence-corrected chi connectivity index (χ4v) is 3.04. The molecule has 0 bridgehead atoms. The van der Waals surface area contributed by atoms with Crippen molar-refractivity contribution in [3.05, 3.63) is 65.1 Å². The van der Waals surface area contributed by atoms with Gasteiger partial charge in [-0.15, -0.1) is 10.2 Å². The Kier molecular flexibility index (Phi) is 4.15. The smallest absolute Gasteiger partial charge is 0.339 e. The molecule has 1 aliphatic rings. The topological polar surface area (TPSA) is 93.9 Å². The first-order chi connectivity index (χ1) is 13.1. The third kappa shape index (κ3) is 2.95. The summed E-state index contributed by atoms with van der Waals surface area (Å²) in [6.45, 7) is 2.09. The van der Waals surface area contributed by atoms with Crippen molar-refractivity contribution in [3.63, 3.8) is 0 Å². The van der Waals surface area contributed by atoms with E-state index in [4.69, 9.17) is 4.74 Å². The van der Waals surface area contributed by atoms with Gasteiger partial charge in [-0.2, -0.15) is 0 Å². The summed E-state index contributed by atoms with van der Waals surface area (Å²) in [7, 11) is 0. The maximum absolute atomic E-state index is 12.3. The Morgan fingerprint density at radius 1 is 1.04 bits per heavy atom. The molecule has 3 heterocycles. The number of imide groups is 1. The molecule has 0 fully saturated rings. The van der Waals surface area contributed by atoms with E-state index in [1.807, 2.05) is 0 Å². The van der Waals surface area contributed by atoms with Crippen molar-refractivity contribution < 1.29 is 19.1 Å². The second-order valence-electron chi connectivity index (χ2n) is 6.19. The number of amides is 2. The van der Waals surface area contributed by atoms with Crippen LogP contribution in [0.5, 0.6) is 0 Å². The van der Waals surface area contributed by atoms with Gasteiger partial charge in [0.05, 0.1) is 23.3 Å². The number of ether oxygens (including phenoxy) is 1. The molecule has 8 nitrogen and oxygen atoms in total. The maximum Gasteiger partial charge on any atom is 0.339 e. The van der Waals surface area contributed by atoms with Gasteiger partial charge >= 0.3 is 5.97 Å². The molecule has 0 unspecified atom stereocenters. The summed E-state index contributed by atoms with van der Waals surface area (Å²) in [5.74, 6) is -0.427. The average Bonchev–Trinajstić information content (AvgIpc) is 3.17. The summed E-state index contributed by atoms with van der Waals surface area (Å²) in [5.41, 5.74) is 1.86. The van der Waals surface area contributed by atoms with Gasteiger partial charge in [0.1, 0.15) is 5.82 Å². The van der Waals surface area contributed by atoms with Crippen LogP contribution in [0.2, 0.25) is 0 Å². The highest BCUT2D eigenvalue weighted by Gasteiger charge is 2.34. The lowest BCUT2D eigenvalue weighted by molar-refractivity contribution is 0.0482. The van der Waals surface area contributed by atoms with E-state index in [2.05, 4.69) is 10.2 Å². The van der Waals surface area contributed by atoms with Crippen LogP contribution in [0.25, 0.3) is 5.65 Å². The molecule has 27 heavy (non-hydrogen) atoms. The lowest BCUT2D eigenvalue weighted by Gasteiger charge is -2.13. The lowest BCUT2D eigenvalue weighted by Crippen LogP contribution is -2.31. The van der Waals surface area contributed by atoms with E-state index in [0.717, 1.165) is 0 Å². The Bertz CT molecular complexity index is 1040. The van der Waals surface area contributed by atoms with E-state index in [9.17, 15) is 14.4 Å². The van der Waals surface area contributed by atoms with Crippen LogP contribution in [-0.2, 0) is 4.74 Å². The Labute approximate surface area is 154 Å². The third-order valence-electron chi connectivity index (χ3n) is 4.45. The van der Waals surface area contributed by atoms with E-state index >= 15 is 0 Å². The number of hydrogen-bond donors (Lipinski definition) is 0. The minimum absolute atomic E-state index is 0.103. The first-order valence-corrected chi connectivity index (χ1v) is 8.50. The van der Waals surface area contributed by atoms with Gasteiger partial charge in [0.15, 0.2) is 5.65 Å². The normalized spacial score (nSPS) is 13.3. The number of carbonyl (C=O) groups excluding carboxylic acids is 3. The zero-order valence-corrected chi connectivity index (χ0v) is 14.6. The fourth-order valence-electron chi connectivity index (χ4n) is 3.04. The average molecular weight is 364 g/mol. The molecule has 136 valence electrons. The highest BCUT2D eigenvalue weighted by atomic mass is 16.5. The first kappa shape index (κ1) is 16.9. The van der Waals surface area contributed by atoms with Crippen molar-refractivity contribution in [1.29, 1.82) is 0 Å². The number of rotatable bonds is 5. The lowest BCUT2D eigenvalue weighted by atomic mass is 10.1. The molecule has 0 radical (unpaired) electrons. The SMILES string of the molecule is Cc1nnc2ccc(C(=O)OCCCN3C(=O)c4ccccc4C3=O)cn12. The first-order valence-electron chi connectivity index (χ1n) is 8.50. The van der Waals surface area contributed by atoms with Gasteiger partial charge in [0.2, 0.25) is 0 Å². The zero-order valence-electron chi connectivity index (χ0n) is 14.6. The highest BCUT2D eigenvalue weighted by Crippen LogP contribution is 2.22. The molecule has 2 aromatic heterocycles.